The summed E-state index contributed by atoms with van der Waals surface area (Å²) in [5.74, 6) is -1.24. The van der Waals surface area contributed by atoms with Crippen molar-refractivity contribution in [3.05, 3.63) is 23.8 Å². The molecule has 7 heteroatoms. The molecule has 4 N–H and O–H groups in total. The minimum absolute atomic E-state index is 0.0224. The molecule has 0 spiro atoms. The van der Waals surface area contributed by atoms with Gasteiger partial charge in [-0.2, -0.15) is 0 Å². The number of rotatable bonds is 4. The lowest BCUT2D eigenvalue weighted by molar-refractivity contribution is 0.0698. The molecule has 0 aliphatic heterocycles. The molecule has 1 fully saturated rings. The van der Waals surface area contributed by atoms with E-state index in [0.29, 0.717) is 0 Å². The zero-order valence-electron chi connectivity index (χ0n) is 8.88. The number of aromatic carboxylic acids is 1. The summed E-state index contributed by atoms with van der Waals surface area (Å²) in [6.45, 7) is 0. The van der Waals surface area contributed by atoms with Gasteiger partial charge in [0.25, 0.3) is 0 Å². The van der Waals surface area contributed by atoms with Gasteiger partial charge in [-0.25, -0.2) is 17.9 Å². The Labute approximate surface area is 98.5 Å². The molecule has 2 rings (SSSR count). The van der Waals surface area contributed by atoms with Crippen LogP contribution in [-0.2, 0) is 10.0 Å². The van der Waals surface area contributed by atoms with E-state index >= 15 is 0 Å². The van der Waals surface area contributed by atoms with Gasteiger partial charge in [-0.3, -0.25) is 0 Å². The fraction of sp³-hybridized carbons (Fsp3) is 0.300. The van der Waals surface area contributed by atoms with E-state index in [-0.39, 0.29) is 22.2 Å². The van der Waals surface area contributed by atoms with E-state index in [1.165, 1.54) is 12.1 Å². The number of benzene rings is 1. The molecule has 0 saturated heterocycles. The van der Waals surface area contributed by atoms with Crippen LogP contribution in [0, 0.1) is 0 Å². The summed E-state index contributed by atoms with van der Waals surface area (Å²) < 4.78 is 26.1. The largest absolute Gasteiger partial charge is 0.478 e. The average Bonchev–Trinajstić information content (AvgIpc) is 3.00. The predicted molar refractivity (Wildman–Crippen MR) is 61.2 cm³/mol. The van der Waals surface area contributed by atoms with Gasteiger partial charge >= 0.3 is 5.97 Å². The van der Waals surface area contributed by atoms with Crippen LogP contribution in [0.15, 0.2) is 23.1 Å². The first-order chi connectivity index (χ1) is 7.90. The zero-order valence-corrected chi connectivity index (χ0v) is 9.70. The van der Waals surface area contributed by atoms with Crippen LogP contribution in [-0.4, -0.2) is 25.5 Å². The van der Waals surface area contributed by atoms with Crippen molar-refractivity contribution in [1.82, 2.24) is 4.72 Å². The SMILES string of the molecule is Nc1ccc(S(=O)(=O)NC2CC2)cc1C(=O)O. The summed E-state index contributed by atoms with van der Waals surface area (Å²) in [7, 11) is -3.64. The number of nitrogen functional groups attached to an aromatic ring is 1. The molecule has 0 aromatic heterocycles. The van der Waals surface area contributed by atoms with Gasteiger partial charge in [0.1, 0.15) is 0 Å². The highest BCUT2D eigenvalue weighted by molar-refractivity contribution is 7.89. The van der Waals surface area contributed by atoms with Crippen molar-refractivity contribution < 1.29 is 18.3 Å². The first-order valence-electron chi connectivity index (χ1n) is 5.05. The van der Waals surface area contributed by atoms with E-state index < -0.39 is 16.0 Å². The van der Waals surface area contributed by atoms with Crippen LogP contribution in [0.5, 0.6) is 0 Å². The lowest BCUT2D eigenvalue weighted by atomic mass is 10.2. The molecule has 1 aromatic carbocycles. The number of sulfonamides is 1. The topological polar surface area (TPSA) is 109 Å². The molecule has 92 valence electrons. The van der Waals surface area contributed by atoms with Gasteiger partial charge in [-0.05, 0) is 31.0 Å². The first-order valence-corrected chi connectivity index (χ1v) is 6.53. The molecule has 0 atom stereocenters. The quantitative estimate of drug-likeness (QED) is 0.676. The normalized spacial score (nSPS) is 15.8. The number of carboxylic acids is 1. The molecular weight excluding hydrogens is 244 g/mol. The molecule has 0 radical (unpaired) electrons. The molecule has 1 aliphatic rings. The van der Waals surface area contributed by atoms with Crippen molar-refractivity contribution in [2.24, 2.45) is 0 Å². The van der Waals surface area contributed by atoms with Crippen LogP contribution in [0.3, 0.4) is 0 Å². The third-order valence-electron chi connectivity index (χ3n) is 2.46. The summed E-state index contributed by atoms with van der Waals surface area (Å²) in [4.78, 5) is 10.8. The van der Waals surface area contributed by atoms with Gasteiger partial charge in [-0.15, -0.1) is 0 Å². The minimum Gasteiger partial charge on any atom is -0.478 e. The van der Waals surface area contributed by atoms with Crippen molar-refractivity contribution in [3.8, 4) is 0 Å². The number of anilines is 1. The van der Waals surface area contributed by atoms with Crippen molar-refractivity contribution in [3.63, 3.8) is 0 Å². The second kappa shape index (κ2) is 4.01. The molecule has 0 amide bonds. The van der Waals surface area contributed by atoms with E-state index in [1.807, 2.05) is 0 Å². The molecule has 1 aliphatic carbocycles. The van der Waals surface area contributed by atoms with Crippen LogP contribution < -0.4 is 10.5 Å². The summed E-state index contributed by atoms with van der Waals surface area (Å²) in [5.41, 5.74) is 5.29. The maximum absolute atomic E-state index is 11.8. The highest BCUT2D eigenvalue weighted by Gasteiger charge is 2.28. The van der Waals surface area contributed by atoms with Gasteiger partial charge in [0.15, 0.2) is 0 Å². The molecule has 6 nitrogen and oxygen atoms in total. The molecule has 0 unspecified atom stereocenters. The third-order valence-corrected chi connectivity index (χ3v) is 3.98. The third kappa shape index (κ3) is 2.56. The predicted octanol–water partition coefficient (Wildman–Crippen LogP) is 0.408. The molecule has 17 heavy (non-hydrogen) atoms. The number of hydrogen-bond acceptors (Lipinski definition) is 4. The maximum atomic E-state index is 11.8. The summed E-state index contributed by atoms with van der Waals surface area (Å²) in [6, 6.07) is 3.63. The molecule has 1 aromatic rings. The minimum atomic E-state index is -3.64. The number of hydrogen-bond donors (Lipinski definition) is 3. The maximum Gasteiger partial charge on any atom is 0.337 e. The van der Waals surface area contributed by atoms with Gasteiger partial charge < -0.3 is 10.8 Å². The fourth-order valence-electron chi connectivity index (χ4n) is 1.38. The smallest absolute Gasteiger partial charge is 0.337 e. The lowest BCUT2D eigenvalue weighted by Crippen LogP contribution is -2.26. The first kappa shape index (κ1) is 11.9. The van der Waals surface area contributed by atoms with Gasteiger partial charge in [0, 0.05) is 11.7 Å². The van der Waals surface area contributed by atoms with Crippen LogP contribution in [0.2, 0.25) is 0 Å². The Kier molecular flexibility index (Phi) is 2.80. The Morgan fingerprint density at radius 2 is 2.06 bits per heavy atom. The van der Waals surface area contributed by atoms with E-state index in [2.05, 4.69) is 4.72 Å². The zero-order chi connectivity index (χ0) is 12.6. The standard InChI is InChI=1S/C10H12N2O4S/c11-9-4-3-7(5-8(9)10(13)14)17(15,16)12-6-1-2-6/h3-6,12H,1-2,11H2,(H,13,14). The van der Waals surface area contributed by atoms with Gasteiger partial charge in [0.05, 0.1) is 10.5 Å². The second-order valence-electron chi connectivity index (χ2n) is 3.95. The van der Waals surface area contributed by atoms with Crippen molar-refractivity contribution >= 4 is 21.7 Å². The highest BCUT2D eigenvalue weighted by Crippen LogP contribution is 2.23. The van der Waals surface area contributed by atoms with Crippen LogP contribution in [0.4, 0.5) is 5.69 Å². The Hall–Kier alpha value is -1.60. The van der Waals surface area contributed by atoms with E-state index in [4.69, 9.17) is 10.8 Å². The Morgan fingerprint density at radius 1 is 1.41 bits per heavy atom. The number of nitrogens with two attached hydrogens (primary N) is 1. The monoisotopic (exact) mass is 256 g/mol. The van der Waals surface area contributed by atoms with E-state index in [1.54, 1.807) is 0 Å². The Bertz CT molecular complexity index is 564. The van der Waals surface area contributed by atoms with Crippen LogP contribution >= 0.6 is 0 Å². The van der Waals surface area contributed by atoms with E-state index in [0.717, 1.165) is 18.9 Å². The summed E-state index contributed by atoms with van der Waals surface area (Å²) >= 11 is 0. The molecule has 0 heterocycles. The van der Waals surface area contributed by atoms with Crippen molar-refractivity contribution in [1.29, 1.82) is 0 Å². The van der Waals surface area contributed by atoms with Crippen LogP contribution in [0.1, 0.15) is 23.2 Å². The van der Waals surface area contributed by atoms with Crippen molar-refractivity contribution in [2.45, 2.75) is 23.8 Å². The van der Waals surface area contributed by atoms with Gasteiger partial charge in [-0.1, -0.05) is 0 Å². The summed E-state index contributed by atoms with van der Waals surface area (Å²) in [6.07, 6.45) is 1.64. The van der Waals surface area contributed by atoms with Gasteiger partial charge in [0.2, 0.25) is 10.0 Å². The Balaban J connectivity index is 2.38. The number of carboxylic acid groups (broad SMARTS) is 1. The average molecular weight is 256 g/mol. The van der Waals surface area contributed by atoms with E-state index in [9.17, 15) is 13.2 Å². The molecule has 1 saturated carbocycles. The summed E-state index contributed by atoms with van der Waals surface area (Å²) in [5, 5.41) is 8.85. The highest BCUT2D eigenvalue weighted by atomic mass is 32.2. The Morgan fingerprint density at radius 3 is 2.59 bits per heavy atom. The fourth-order valence-corrected chi connectivity index (χ4v) is 2.71. The number of carbonyl (C=O) groups is 1. The van der Waals surface area contributed by atoms with Crippen molar-refractivity contribution in [2.75, 3.05) is 5.73 Å². The molecular formula is C10H12N2O4S. The second-order valence-corrected chi connectivity index (χ2v) is 5.66. The van der Waals surface area contributed by atoms with Crippen LogP contribution in [0.25, 0.3) is 0 Å². The molecule has 0 bridgehead atoms. The number of nitrogens with one attached hydrogen (secondary N) is 1. The lowest BCUT2D eigenvalue weighted by Gasteiger charge is -2.07.